The summed E-state index contributed by atoms with van der Waals surface area (Å²) >= 11 is 1.95. The van der Waals surface area contributed by atoms with Crippen LogP contribution in [-0.4, -0.2) is 34.6 Å². The van der Waals surface area contributed by atoms with Crippen LogP contribution in [0.3, 0.4) is 0 Å². The molecule has 0 spiro atoms. The van der Waals surface area contributed by atoms with Crippen LogP contribution in [0.1, 0.15) is 79.5 Å². The van der Waals surface area contributed by atoms with Crippen LogP contribution >= 0.6 is 22.6 Å². The van der Waals surface area contributed by atoms with Gasteiger partial charge in [0.15, 0.2) is 0 Å². The molecule has 47 heavy (non-hydrogen) atoms. The minimum Gasteiger partial charge on any atom is -0.466 e. The van der Waals surface area contributed by atoms with Crippen LogP contribution < -0.4 is 0 Å². The third-order valence-corrected chi connectivity index (χ3v) is 9.29. The lowest BCUT2D eigenvalue weighted by molar-refractivity contribution is -0.149. The summed E-state index contributed by atoms with van der Waals surface area (Å²) in [6, 6.07) is 8.17. The normalized spacial score (nSPS) is 21.9. The van der Waals surface area contributed by atoms with Gasteiger partial charge in [-0.15, -0.1) is 0 Å². The number of nitrogens with zero attached hydrogens (tertiary/aromatic N) is 2. The lowest BCUT2D eigenvalue weighted by Gasteiger charge is -2.28. The highest BCUT2D eigenvalue weighted by atomic mass is 127. The smallest absolute Gasteiger partial charge is 0.416 e. The zero-order chi connectivity index (χ0) is 34.3. The van der Waals surface area contributed by atoms with Gasteiger partial charge in [0.05, 0.1) is 41.9 Å². The summed E-state index contributed by atoms with van der Waals surface area (Å²) in [5.74, 6) is -0.869. The zero-order valence-electron chi connectivity index (χ0n) is 25.2. The molecule has 2 fully saturated rings. The Bertz CT molecular complexity index is 1620. The maximum absolute atomic E-state index is 15.4. The van der Waals surface area contributed by atoms with Crippen LogP contribution in [0.15, 0.2) is 48.5 Å². The molecule has 1 aromatic heterocycles. The van der Waals surface area contributed by atoms with Crippen molar-refractivity contribution in [3.05, 3.63) is 86.0 Å². The first kappa shape index (κ1) is 34.9. The number of carbonyl (C=O) groups excluding carboxylic acids is 2. The maximum Gasteiger partial charge on any atom is 0.416 e. The summed E-state index contributed by atoms with van der Waals surface area (Å²) in [7, 11) is 0. The average Bonchev–Trinajstić information content (AvgIpc) is 3.29. The van der Waals surface area contributed by atoms with E-state index >= 15 is 4.39 Å². The highest BCUT2D eigenvalue weighted by Gasteiger charge is 2.43. The summed E-state index contributed by atoms with van der Waals surface area (Å²) in [5, 5.41) is 0. The van der Waals surface area contributed by atoms with Crippen molar-refractivity contribution >= 4 is 34.7 Å². The van der Waals surface area contributed by atoms with Crippen molar-refractivity contribution in [1.29, 1.82) is 0 Å². The average molecular weight is 779 g/mol. The molecule has 14 heteroatoms. The lowest BCUT2D eigenvalue weighted by atomic mass is 9.78. The number of ether oxygens (including phenoxy) is 2. The number of aromatic nitrogens is 1. The number of benzene rings is 2. The van der Waals surface area contributed by atoms with E-state index in [0.29, 0.717) is 53.7 Å². The van der Waals surface area contributed by atoms with E-state index in [-0.39, 0.29) is 41.7 Å². The van der Waals surface area contributed by atoms with E-state index in [1.165, 1.54) is 13.0 Å². The SMILES string of the molecule is CCOC(=O)C1CCC(c2ccc(F)c(-c3ccc(I)nc3CN3C(=O)O[C@H](c4cc(C(F)(F)F)cc(C(F)(F)F)c4)[C@@H]3C)c2)CC1. The molecule has 0 radical (unpaired) electrons. The molecule has 1 amide bonds. The number of esters is 1. The number of hydrogen-bond acceptors (Lipinski definition) is 5. The molecule has 6 nitrogen and oxygen atoms in total. The molecule has 1 aliphatic heterocycles. The summed E-state index contributed by atoms with van der Waals surface area (Å²) in [5.41, 5.74) is -1.77. The van der Waals surface area contributed by atoms with Crippen LogP contribution in [0.5, 0.6) is 0 Å². The predicted octanol–water partition coefficient (Wildman–Crippen LogP) is 9.45. The first-order valence-corrected chi connectivity index (χ1v) is 16.0. The summed E-state index contributed by atoms with van der Waals surface area (Å²) < 4.78 is 108. The molecule has 3 aromatic rings. The number of cyclic esters (lactones) is 1. The largest absolute Gasteiger partial charge is 0.466 e. The zero-order valence-corrected chi connectivity index (χ0v) is 27.4. The molecule has 2 aliphatic rings. The number of halogens is 8. The molecule has 2 heterocycles. The van der Waals surface area contributed by atoms with Crippen LogP contribution in [-0.2, 0) is 33.2 Å². The number of amides is 1. The second-order valence-corrected chi connectivity index (χ2v) is 12.8. The van der Waals surface area contributed by atoms with Gasteiger partial charge in [-0.3, -0.25) is 9.69 Å². The number of pyridine rings is 1. The van der Waals surface area contributed by atoms with Gasteiger partial charge in [0.2, 0.25) is 0 Å². The second-order valence-electron chi connectivity index (χ2n) is 11.7. The van der Waals surface area contributed by atoms with Gasteiger partial charge in [0, 0.05) is 11.1 Å². The number of alkyl halides is 6. The van der Waals surface area contributed by atoms with E-state index in [1.54, 1.807) is 31.2 Å². The highest BCUT2D eigenvalue weighted by molar-refractivity contribution is 14.1. The van der Waals surface area contributed by atoms with Crippen molar-refractivity contribution in [2.75, 3.05) is 6.61 Å². The van der Waals surface area contributed by atoms with Gasteiger partial charge in [0.1, 0.15) is 15.6 Å². The molecular weight excluding hydrogens is 748 g/mol. The van der Waals surface area contributed by atoms with E-state index in [9.17, 15) is 35.9 Å². The van der Waals surface area contributed by atoms with Crippen molar-refractivity contribution in [3.8, 4) is 11.1 Å². The fraction of sp³-hybridized carbons (Fsp3) is 0.424. The molecule has 5 rings (SSSR count). The Morgan fingerprint density at radius 2 is 1.57 bits per heavy atom. The van der Waals surface area contributed by atoms with Gasteiger partial charge in [-0.25, -0.2) is 14.2 Å². The lowest BCUT2D eigenvalue weighted by Crippen LogP contribution is -2.32. The van der Waals surface area contributed by atoms with E-state index in [2.05, 4.69) is 4.98 Å². The van der Waals surface area contributed by atoms with Crippen molar-refractivity contribution in [3.63, 3.8) is 0 Å². The fourth-order valence-electron chi connectivity index (χ4n) is 6.23. The van der Waals surface area contributed by atoms with Crippen molar-refractivity contribution in [2.24, 2.45) is 5.92 Å². The Hall–Kier alpha value is -3.43. The van der Waals surface area contributed by atoms with Gasteiger partial charge < -0.3 is 9.47 Å². The summed E-state index contributed by atoms with van der Waals surface area (Å²) in [4.78, 5) is 30.9. The van der Waals surface area contributed by atoms with Gasteiger partial charge in [-0.2, -0.15) is 26.3 Å². The fourth-order valence-corrected chi connectivity index (χ4v) is 6.70. The summed E-state index contributed by atoms with van der Waals surface area (Å²) in [6.45, 7) is 3.27. The first-order chi connectivity index (χ1) is 22.1. The molecule has 252 valence electrons. The van der Waals surface area contributed by atoms with Crippen LogP contribution in [0, 0.1) is 15.4 Å². The predicted molar refractivity (Wildman–Crippen MR) is 164 cm³/mol. The molecular formula is C33H30F7IN2O4. The first-order valence-electron chi connectivity index (χ1n) is 14.9. The maximum atomic E-state index is 15.4. The standard InChI is InChI=1S/C33H30F7IN2O4/c1-3-46-30(44)19-6-4-18(5-7-19)20-8-10-26(34)25(14-20)24-9-11-28(41)42-27(24)16-43-17(2)29(47-31(43)45)21-12-22(32(35,36)37)15-23(13-21)33(38,39)40/h8-15,17-19,29H,3-7,16H2,1-2H3/t17-,18?,19?,29-/m0/s1. The minimum absolute atomic E-state index is 0.0134. The van der Waals surface area contributed by atoms with Crippen molar-refractivity contribution < 1.29 is 49.8 Å². The van der Waals surface area contributed by atoms with Crippen LogP contribution in [0.4, 0.5) is 35.5 Å². The monoisotopic (exact) mass is 778 g/mol. The molecule has 0 bridgehead atoms. The molecule has 1 aliphatic carbocycles. The Balaban J connectivity index is 1.42. The topological polar surface area (TPSA) is 68.7 Å². The minimum atomic E-state index is -5.07. The van der Waals surface area contributed by atoms with Gasteiger partial charge in [0.25, 0.3) is 0 Å². The van der Waals surface area contributed by atoms with E-state index in [0.717, 1.165) is 10.5 Å². The van der Waals surface area contributed by atoms with E-state index < -0.39 is 53.1 Å². The third kappa shape index (κ3) is 7.67. The number of carbonyl (C=O) groups is 2. The molecule has 1 saturated carbocycles. The molecule has 1 saturated heterocycles. The van der Waals surface area contributed by atoms with Gasteiger partial charge in [-0.1, -0.05) is 6.07 Å². The molecule has 0 N–H and O–H groups in total. The van der Waals surface area contributed by atoms with Gasteiger partial charge in [-0.05, 0) is 122 Å². The van der Waals surface area contributed by atoms with Gasteiger partial charge >= 0.3 is 24.4 Å². The Labute approximate surface area is 279 Å². The van der Waals surface area contributed by atoms with E-state index in [1.807, 2.05) is 22.6 Å². The molecule has 2 atom stereocenters. The van der Waals surface area contributed by atoms with Crippen molar-refractivity contribution in [1.82, 2.24) is 9.88 Å². The second kappa shape index (κ2) is 13.6. The van der Waals surface area contributed by atoms with Crippen LogP contribution in [0.25, 0.3) is 11.1 Å². The Morgan fingerprint density at radius 3 is 2.17 bits per heavy atom. The molecule has 2 aromatic carbocycles. The van der Waals surface area contributed by atoms with E-state index in [4.69, 9.17) is 9.47 Å². The Morgan fingerprint density at radius 1 is 0.936 bits per heavy atom. The molecule has 0 unspecified atom stereocenters. The quantitative estimate of drug-likeness (QED) is 0.104. The summed E-state index contributed by atoms with van der Waals surface area (Å²) in [6.07, 6.45) is -9.86. The third-order valence-electron chi connectivity index (χ3n) is 8.69. The Kier molecular flexibility index (Phi) is 10.1. The van der Waals surface area contributed by atoms with Crippen molar-refractivity contribution in [2.45, 2.75) is 76.5 Å². The van der Waals surface area contributed by atoms with Crippen LogP contribution in [0.2, 0.25) is 0 Å². The highest BCUT2D eigenvalue weighted by Crippen LogP contribution is 2.42. The number of hydrogen-bond donors (Lipinski definition) is 0. The number of rotatable bonds is 7.